The lowest BCUT2D eigenvalue weighted by atomic mass is 10.0. The molecule has 1 saturated carbocycles. The van der Waals surface area contributed by atoms with Gasteiger partial charge in [-0.1, -0.05) is 26.0 Å². The van der Waals surface area contributed by atoms with Crippen molar-refractivity contribution in [2.24, 2.45) is 5.92 Å². The van der Waals surface area contributed by atoms with E-state index in [2.05, 4.69) is 23.3 Å². The molecule has 1 aliphatic rings. The number of hydrogen-bond acceptors (Lipinski definition) is 4. The first-order valence-electron chi connectivity index (χ1n) is 8.90. The minimum Gasteiger partial charge on any atom is -0.280 e. The highest BCUT2D eigenvalue weighted by molar-refractivity contribution is 7.92. The van der Waals surface area contributed by atoms with Crippen LogP contribution in [0.2, 0.25) is 0 Å². The summed E-state index contributed by atoms with van der Waals surface area (Å²) in [6.07, 6.45) is 2.60. The Bertz CT molecular complexity index is 993. The van der Waals surface area contributed by atoms with Crippen LogP contribution in [0.15, 0.2) is 58.3 Å². The predicted molar refractivity (Wildman–Crippen MR) is 106 cm³/mol. The molecular formula is C19H24N2O4S2. The van der Waals surface area contributed by atoms with Gasteiger partial charge in [0.1, 0.15) is 0 Å². The fourth-order valence-electron chi connectivity index (χ4n) is 2.68. The molecule has 3 rings (SSSR count). The van der Waals surface area contributed by atoms with Gasteiger partial charge in [0.15, 0.2) is 0 Å². The molecule has 27 heavy (non-hydrogen) atoms. The zero-order chi connectivity index (χ0) is 19.7. The third kappa shape index (κ3) is 5.31. The van der Waals surface area contributed by atoms with Gasteiger partial charge in [-0.25, -0.2) is 21.6 Å². The van der Waals surface area contributed by atoms with E-state index in [1.165, 1.54) is 24.3 Å². The Labute approximate surface area is 161 Å². The van der Waals surface area contributed by atoms with Crippen molar-refractivity contribution in [2.75, 3.05) is 4.72 Å². The highest BCUT2D eigenvalue weighted by Crippen LogP contribution is 2.23. The van der Waals surface area contributed by atoms with E-state index in [-0.39, 0.29) is 15.8 Å². The molecule has 0 amide bonds. The summed E-state index contributed by atoms with van der Waals surface area (Å²) in [5.74, 6) is 0.495. The quantitative estimate of drug-likeness (QED) is 0.702. The summed E-state index contributed by atoms with van der Waals surface area (Å²) in [4.78, 5) is 0.289. The monoisotopic (exact) mass is 408 g/mol. The second-order valence-electron chi connectivity index (χ2n) is 7.27. The minimum atomic E-state index is -3.73. The smallest absolute Gasteiger partial charge is 0.261 e. The Morgan fingerprint density at radius 2 is 1.37 bits per heavy atom. The van der Waals surface area contributed by atoms with Gasteiger partial charge in [-0.3, -0.25) is 4.72 Å². The Morgan fingerprint density at radius 1 is 0.852 bits per heavy atom. The van der Waals surface area contributed by atoms with Crippen LogP contribution in [0.1, 0.15) is 32.3 Å². The van der Waals surface area contributed by atoms with E-state index in [9.17, 15) is 16.8 Å². The number of anilines is 1. The highest BCUT2D eigenvalue weighted by Gasteiger charge is 2.28. The maximum Gasteiger partial charge on any atom is 0.261 e. The van der Waals surface area contributed by atoms with Gasteiger partial charge >= 0.3 is 0 Å². The van der Waals surface area contributed by atoms with Gasteiger partial charge < -0.3 is 0 Å². The van der Waals surface area contributed by atoms with Crippen molar-refractivity contribution in [1.29, 1.82) is 0 Å². The Morgan fingerprint density at radius 3 is 1.89 bits per heavy atom. The van der Waals surface area contributed by atoms with Gasteiger partial charge in [0.05, 0.1) is 9.79 Å². The SMILES string of the molecule is CC(C)Cc1ccc(S(=O)(=O)Nc2ccc(S(=O)(=O)NC3CC3)cc2)cc1. The van der Waals surface area contributed by atoms with Gasteiger partial charge in [-0.05, 0) is 67.1 Å². The molecule has 0 bridgehead atoms. The number of rotatable bonds is 8. The zero-order valence-corrected chi connectivity index (χ0v) is 17.0. The molecule has 8 heteroatoms. The first-order chi connectivity index (χ1) is 12.7. The second kappa shape index (κ2) is 7.61. The van der Waals surface area contributed by atoms with E-state index in [1.54, 1.807) is 12.1 Å². The summed E-state index contributed by atoms with van der Waals surface area (Å²) in [6.45, 7) is 4.21. The Balaban J connectivity index is 1.71. The fourth-order valence-corrected chi connectivity index (χ4v) is 5.04. The molecule has 0 spiro atoms. The van der Waals surface area contributed by atoms with Crippen molar-refractivity contribution in [3.05, 3.63) is 54.1 Å². The molecule has 0 aromatic heterocycles. The van der Waals surface area contributed by atoms with Crippen LogP contribution in [-0.4, -0.2) is 22.9 Å². The van der Waals surface area contributed by atoms with Crippen LogP contribution in [0.3, 0.4) is 0 Å². The van der Waals surface area contributed by atoms with Crippen molar-refractivity contribution in [3.63, 3.8) is 0 Å². The lowest BCUT2D eigenvalue weighted by molar-refractivity contribution is 0.581. The van der Waals surface area contributed by atoms with Gasteiger partial charge in [-0.2, -0.15) is 0 Å². The topological polar surface area (TPSA) is 92.3 Å². The molecule has 0 unspecified atom stereocenters. The first kappa shape index (κ1) is 19.9. The highest BCUT2D eigenvalue weighted by atomic mass is 32.2. The van der Waals surface area contributed by atoms with Gasteiger partial charge in [-0.15, -0.1) is 0 Å². The second-order valence-corrected chi connectivity index (χ2v) is 10.7. The van der Waals surface area contributed by atoms with Crippen molar-refractivity contribution in [2.45, 2.75) is 48.9 Å². The van der Waals surface area contributed by atoms with E-state index >= 15 is 0 Å². The molecule has 2 aromatic carbocycles. The van der Waals surface area contributed by atoms with E-state index < -0.39 is 20.0 Å². The molecule has 1 fully saturated rings. The van der Waals surface area contributed by atoms with Gasteiger partial charge in [0.2, 0.25) is 10.0 Å². The number of hydrogen-bond donors (Lipinski definition) is 2. The van der Waals surface area contributed by atoms with E-state index in [0.29, 0.717) is 11.6 Å². The lowest BCUT2D eigenvalue weighted by Crippen LogP contribution is -2.25. The van der Waals surface area contributed by atoms with E-state index in [0.717, 1.165) is 24.8 Å². The van der Waals surface area contributed by atoms with Crippen LogP contribution in [0.4, 0.5) is 5.69 Å². The maximum atomic E-state index is 12.5. The largest absolute Gasteiger partial charge is 0.280 e. The number of nitrogens with one attached hydrogen (secondary N) is 2. The van der Waals surface area contributed by atoms with E-state index in [1.807, 2.05) is 12.1 Å². The normalized spacial score (nSPS) is 15.1. The average Bonchev–Trinajstić information content (AvgIpc) is 3.38. The standard InChI is InChI=1S/C19H24N2O4S2/c1-14(2)13-15-3-9-18(10-4-15)26(22,23)21-17-7-11-19(12-8-17)27(24,25)20-16-5-6-16/h3-4,7-12,14,16,20-21H,5-6,13H2,1-2H3. The molecule has 0 atom stereocenters. The Hall–Kier alpha value is -1.90. The summed E-state index contributed by atoms with van der Waals surface area (Å²) in [5, 5.41) is 0. The van der Waals surface area contributed by atoms with Crippen LogP contribution in [0, 0.1) is 5.92 Å². The number of benzene rings is 2. The maximum absolute atomic E-state index is 12.5. The summed E-state index contributed by atoms with van der Waals surface area (Å²) in [7, 11) is -7.28. The predicted octanol–water partition coefficient (Wildman–Crippen LogP) is 3.13. The van der Waals surface area contributed by atoms with E-state index in [4.69, 9.17) is 0 Å². The summed E-state index contributed by atoms with van der Waals surface area (Å²) < 4.78 is 54.5. The molecule has 0 heterocycles. The Kier molecular flexibility index (Phi) is 5.60. The van der Waals surface area contributed by atoms with Crippen LogP contribution >= 0.6 is 0 Å². The van der Waals surface area contributed by atoms with Crippen LogP contribution in [0.5, 0.6) is 0 Å². The van der Waals surface area contributed by atoms with Gasteiger partial charge in [0, 0.05) is 11.7 Å². The minimum absolute atomic E-state index is 0.0202. The van der Waals surface area contributed by atoms with Crippen molar-refractivity contribution >= 4 is 25.7 Å². The summed E-state index contributed by atoms with van der Waals surface area (Å²) in [5.41, 5.74) is 1.40. The van der Waals surface area contributed by atoms with Gasteiger partial charge in [0.25, 0.3) is 10.0 Å². The molecule has 0 saturated heterocycles. The molecule has 1 aliphatic carbocycles. The van der Waals surface area contributed by atoms with Crippen LogP contribution in [0.25, 0.3) is 0 Å². The number of sulfonamides is 2. The molecule has 2 aromatic rings. The van der Waals surface area contributed by atoms with Crippen LogP contribution in [-0.2, 0) is 26.5 Å². The molecule has 0 radical (unpaired) electrons. The third-order valence-electron chi connectivity index (χ3n) is 4.19. The third-order valence-corrected chi connectivity index (χ3v) is 7.13. The van der Waals surface area contributed by atoms with Crippen molar-refractivity contribution < 1.29 is 16.8 Å². The molecule has 146 valence electrons. The fraction of sp³-hybridized carbons (Fsp3) is 0.368. The summed E-state index contributed by atoms with van der Waals surface area (Å²) in [6, 6.07) is 12.5. The van der Waals surface area contributed by atoms with Crippen LogP contribution < -0.4 is 9.44 Å². The molecule has 0 aliphatic heterocycles. The lowest BCUT2D eigenvalue weighted by Gasteiger charge is -2.11. The van der Waals surface area contributed by atoms with Crippen molar-refractivity contribution in [1.82, 2.24) is 4.72 Å². The molecule has 2 N–H and O–H groups in total. The average molecular weight is 409 g/mol. The molecule has 6 nitrogen and oxygen atoms in total. The summed E-state index contributed by atoms with van der Waals surface area (Å²) >= 11 is 0. The van der Waals surface area contributed by atoms with Crippen molar-refractivity contribution in [3.8, 4) is 0 Å². The molecular weight excluding hydrogens is 384 g/mol. The first-order valence-corrected chi connectivity index (χ1v) is 11.9. The zero-order valence-electron chi connectivity index (χ0n) is 15.3.